The van der Waals surface area contributed by atoms with E-state index in [0.717, 1.165) is 4.90 Å². The lowest BCUT2D eigenvalue weighted by Crippen LogP contribution is -2.37. The Morgan fingerprint density at radius 1 is 1.24 bits per heavy atom. The summed E-state index contributed by atoms with van der Waals surface area (Å²) in [6, 6.07) is -1.10. The molecule has 0 saturated heterocycles. The average Bonchev–Trinajstić information content (AvgIpc) is 2.40. The number of anilines is 1. The molecule has 0 heterocycles. The van der Waals surface area contributed by atoms with Gasteiger partial charge < -0.3 is 15.3 Å². The van der Waals surface area contributed by atoms with Crippen molar-refractivity contribution >= 4 is 17.7 Å². The third-order valence-corrected chi connectivity index (χ3v) is 2.66. The first-order valence-corrected chi connectivity index (χ1v) is 5.73. The van der Waals surface area contributed by atoms with Crippen LogP contribution in [0.2, 0.25) is 0 Å². The van der Waals surface area contributed by atoms with Gasteiger partial charge in [-0.2, -0.15) is 0 Å². The predicted molar refractivity (Wildman–Crippen MR) is 64.7 cm³/mol. The first-order chi connectivity index (χ1) is 9.65. The second kappa shape index (κ2) is 6.42. The van der Waals surface area contributed by atoms with Crippen molar-refractivity contribution in [2.24, 2.45) is 5.92 Å². The molecule has 5 nitrogen and oxygen atoms in total. The fourth-order valence-electron chi connectivity index (χ4n) is 1.46. The Morgan fingerprint density at radius 3 is 2.14 bits per heavy atom. The molecule has 116 valence electrons. The third-order valence-electron chi connectivity index (χ3n) is 2.66. The number of urea groups is 1. The number of halogens is 4. The zero-order valence-electron chi connectivity index (χ0n) is 11.1. The van der Waals surface area contributed by atoms with Gasteiger partial charge in [-0.15, -0.1) is 0 Å². The molecule has 0 spiro atoms. The number of rotatable bonds is 4. The monoisotopic (exact) mass is 308 g/mol. The van der Waals surface area contributed by atoms with Crippen LogP contribution in [-0.2, 0) is 4.79 Å². The summed E-state index contributed by atoms with van der Waals surface area (Å²) in [6.07, 6.45) is 0. The Bertz CT molecular complexity index is 554. The molecule has 1 aromatic rings. The minimum absolute atomic E-state index is 0.0105. The van der Waals surface area contributed by atoms with Crippen molar-refractivity contribution in [3.8, 4) is 0 Å². The molecule has 0 aliphatic carbocycles. The zero-order valence-corrected chi connectivity index (χ0v) is 11.1. The summed E-state index contributed by atoms with van der Waals surface area (Å²) in [5.41, 5.74) is -1.27. The summed E-state index contributed by atoms with van der Waals surface area (Å²) >= 11 is 0. The molecule has 21 heavy (non-hydrogen) atoms. The summed E-state index contributed by atoms with van der Waals surface area (Å²) in [4.78, 5) is 23.1. The number of nitrogens with zero attached hydrogens (tertiary/aromatic N) is 1. The van der Waals surface area contributed by atoms with E-state index in [1.807, 2.05) is 0 Å². The minimum atomic E-state index is -1.75. The van der Waals surface area contributed by atoms with Gasteiger partial charge in [-0.3, -0.25) is 4.79 Å². The first-order valence-electron chi connectivity index (χ1n) is 5.73. The van der Waals surface area contributed by atoms with Crippen molar-refractivity contribution < 1.29 is 32.3 Å². The van der Waals surface area contributed by atoms with E-state index in [1.54, 1.807) is 5.32 Å². The number of benzene rings is 1. The van der Waals surface area contributed by atoms with Gasteiger partial charge in [-0.25, -0.2) is 22.4 Å². The summed E-state index contributed by atoms with van der Waals surface area (Å²) in [7, 11) is 1.17. The van der Waals surface area contributed by atoms with Gasteiger partial charge in [-0.1, -0.05) is 6.92 Å². The maximum Gasteiger partial charge on any atom is 0.321 e. The summed E-state index contributed by atoms with van der Waals surface area (Å²) in [5.74, 6) is -8.93. The Labute approximate surface area is 117 Å². The maximum atomic E-state index is 13.3. The average molecular weight is 308 g/mol. The van der Waals surface area contributed by atoms with Crippen molar-refractivity contribution in [1.29, 1.82) is 0 Å². The van der Waals surface area contributed by atoms with Gasteiger partial charge in [0.1, 0.15) is 5.69 Å². The second-order valence-corrected chi connectivity index (χ2v) is 4.39. The summed E-state index contributed by atoms with van der Waals surface area (Å²) < 4.78 is 52.6. The molecule has 0 saturated carbocycles. The van der Waals surface area contributed by atoms with Crippen LogP contribution in [0.5, 0.6) is 0 Å². The molecule has 1 aromatic carbocycles. The largest absolute Gasteiger partial charge is 0.481 e. The Kier molecular flexibility index (Phi) is 5.12. The lowest BCUT2D eigenvalue weighted by atomic mass is 10.2. The zero-order chi connectivity index (χ0) is 16.3. The van der Waals surface area contributed by atoms with Crippen LogP contribution in [-0.4, -0.2) is 35.6 Å². The third kappa shape index (κ3) is 3.83. The van der Waals surface area contributed by atoms with Crippen molar-refractivity contribution in [3.05, 3.63) is 29.3 Å². The Morgan fingerprint density at radius 2 is 1.71 bits per heavy atom. The molecule has 0 radical (unpaired) electrons. The lowest BCUT2D eigenvalue weighted by molar-refractivity contribution is -0.141. The summed E-state index contributed by atoms with van der Waals surface area (Å²) in [5, 5.41) is 10.4. The van der Waals surface area contributed by atoms with Crippen molar-refractivity contribution in [2.75, 3.05) is 18.9 Å². The molecule has 0 aromatic heterocycles. The van der Waals surface area contributed by atoms with Gasteiger partial charge in [0, 0.05) is 19.7 Å². The van der Waals surface area contributed by atoms with Crippen LogP contribution < -0.4 is 5.32 Å². The van der Waals surface area contributed by atoms with Crippen LogP contribution in [0, 0.1) is 29.2 Å². The van der Waals surface area contributed by atoms with E-state index in [9.17, 15) is 27.2 Å². The van der Waals surface area contributed by atoms with Gasteiger partial charge in [-0.05, 0) is 0 Å². The van der Waals surface area contributed by atoms with E-state index >= 15 is 0 Å². The highest BCUT2D eigenvalue weighted by molar-refractivity contribution is 5.89. The number of hydrogen-bond donors (Lipinski definition) is 2. The fraction of sp³-hybridized carbons (Fsp3) is 0.333. The van der Waals surface area contributed by atoms with Crippen LogP contribution in [0.4, 0.5) is 28.0 Å². The van der Waals surface area contributed by atoms with Gasteiger partial charge in [0.2, 0.25) is 0 Å². The van der Waals surface area contributed by atoms with E-state index < -0.39 is 46.9 Å². The van der Waals surface area contributed by atoms with Gasteiger partial charge in [0.05, 0.1) is 5.92 Å². The maximum absolute atomic E-state index is 13.3. The molecule has 2 amide bonds. The number of nitrogens with one attached hydrogen (secondary N) is 1. The molecule has 9 heteroatoms. The minimum Gasteiger partial charge on any atom is -0.481 e. The first kappa shape index (κ1) is 16.7. The van der Waals surface area contributed by atoms with E-state index in [0.29, 0.717) is 0 Å². The fourth-order valence-corrected chi connectivity index (χ4v) is 1.46. The quantitative estimate of drug-likeness (QED) is 0.663. The highest BCUT2D eigenvalue weighted by Gasteiger charge is 2.23. The Hall–Kier alpha value is -2.32. The van der Waals surface area contributed by atoms with Gasteiger partial charge >= 0.3 is 12.0 Å². The second-order valence-electron chi connectivity index (χ2n) is 4.39. The molecule has 1 rings (SSSR count). The molecule has 1 atom stereocenters. The van der Waals surface area contributed by atoms with Crippen molar-refractivity contribution in [2.45, 2.75) is 6.92 Å². The SMILES string of the molecule is CC(CN(C)C(=O)Nc1c(F)c(F)cc(F)c1F)C(=O)O. The number of carboxylic acid groups (broad SMARTS) is 1. The molecule has 0 aliphatic rings. The molecule has 1 unspecified atom stereocenters. The molecular weight excluding hydrogens is 296 g/mol. The van der Waals surface area contributed by atoms with Crippen LogP contribution in [0.3, 0.4) is 0 Å². The molecular formula is C12H12F4N2O3. The number of carbonyl (C=O) groups is 2. The van der Waals surface area contributed by atoms with Crippen LogP contribution >= 0.6 is 0 Å². The molecule has 0 fully saturated rings. The van der Waals surface area contributed by atoms with E-state index in [2.05, 4.69) is 0 Å². The number of carboxylic acids is 1. The highest BCUT2D eigenvalue weighted by Crippen LogP contribution is 2.24. The lowest BCUT2D eigenvalue weighted by Gasteiger charge is -2.20. The summed E-state index contributed by atoms with van der Waals surface area (Å²) in [6.45, 7) is 1.05. The van der Waals surface area contributed by atoms with Crippen molar-refractivity contribution in [3.63, 3.8) is 0 Å². The number of amides is 2. The number of aliphatic carboxylic acids is 1. The molecule has 0 bridgehead atoms. The number of hydrogen-bond acceptors (Lipinski definition) is 2. The van der Waals surface area contributed by atoms with Crippen molar-refractivity contribution in [1.82, 2.24) is 4.90 Å². The number of carbonyl (C=O) groups excluding carboxylic acids is 1. The van der Waals surface area contributed by atoms with E-state index in [4.69, 9.17) is 5.11 Å². The van der Waals surface area contributed by atoms with Crippen LogP contribution in [0.15, 0.2) is 6.07 Å². The predicted octanol–water partition coefficient (Wildman–Crippen LogP) is 2.43. The molecule has 2 N–H and O–H groups in total. The Balaban J connectivity index is 2.91. The van der Waals surface area contributed by atoms with E-state index in [1.165, 1.54) is 14.0 Å². The van der Waals surface area contributed by atoms with Crippen LogP contribution in [0.25, 0.3) is 0 Å². The normalized spacial score (nSPS) is 11.9. The standard InChI is InChI=1S/C12H12F4N2O3/c1-5(11(19)20)4-18(2)12(21)17-10-8(15)6(13)3-7(14)9(10)16/h3,5H,4H2,1-2H3,(H,17,21)(H,19,20). The van der Waals surface area contributed by atoms with Gasteiger partial charge in [0.15, 0.2) is 23.3 Å². The van der Waals surface area contributed by atoms with Crippen LogP contribution in [0.1, 0.15) is 6.92 Å². The topological polar surface area (TPSA) is 69.6 Å². The van der Waals surface area contributed by atoms with E-state index in [-0.39, 0.29) is 12.6 Å². The smallest absolute Gasteiger partial charge is 0.321 e. The molecule has 0 aliphatic heterocycles. The van der Waals surface area contributed by atoms with Gasteiger partial charge in [0.25, 0.3) is 0 Å². The highest BCUT2D eigenvalue weighted by atomic mass is 19.2.